The van der Waals surface area contributed by atoms with Gasteiger partial charge in [0.05, 0.1) is 24.2 Å². The number of amides is 1. The van der Waals surface area contributed by atoms with Crippen LogP contribution >= 0.6 is 0 Å². The summed E-state index contributed by atoms with van der Waals surface area (Å²) < 4.78 is 3.94. The van der Waals surface area contributed by atoms with Gasteiger partial charge in [0.25, 0.3) is 5.91 Å². The summed E-state index contributed by atoms with van der Waals surface area (Å²) in [7, 11) is 0. The van der Waals surface area contributed by atoms with Gasteiger partial charge in [-0.05, 0) is 56.3 Å². The first-order valence-electron chi connectivity index (χ1n) is 11.1. The Morgan fingerprint density at radius 3 is 2.79 bits per heavy atom. The van der Waals surface area contributed by atoms with Gasteiger partial charge in [0.15, 0.2) is 0 Å². The minimum Gasteiger partial charge on any atom is -0.350 e. The largest absolute Gasteiger partial charge is 0.350 e. The molecule has 1 fully saturated rings. The van der Waals surface area contributed by atoms with E-state index in [1.54, 1.807) is 6.20 Å². The van der Waals surface area contributed by atoms with Crippen LogP contribution in [0.4, 0.5) is 5.69 Å². The molecular weight excluding hydrogens is 414 g/mol. The van der Waals surface area contributed by atoms with E-state index in [9.17, 15) is 10.1 Å². The van der Waals surface area contributed by atoms with Crippen molar-refractivity contribution in [1.29, 1.82) is 5.26 Å². The number of benzene rings is 1. The lowest BCUT2D eigenvalue weighted by Gasteiger charge is -2.48. The molecule has 1 N–H and O–H groups in total. The Bertz CT molecular complexity index is 1330. The number of nitrogens with one attached hydrogen (secondary N) is 1. The molecule has 0 aliphatic carbocycles. The maximum Gasteiger partial charge on any atom is 0.251 e. The molecule has 2 atom stereocenters. The van der Waals surface area contributed by atoms with Crippen LogP contribution in [-0.4, -0.2) is 37.8 Å². The molecule has 1 aliphatic heterocycles. The molecular formula is C25H25N7O. The van der Waals surface area contributed by atoms with Crippen LogP contribution in [0.1, 0.15) is 36.8 Å². The number of pyridine rings is 1. The Balaban J connectivity index is 1.41. The van der Waals surface area contributed by atoms with Gasteiger partial charge in [-0.25, -0.2) is 9.67 Å². The zero-order chi connectivity index (χ0) is 22.9. The van der Waals surface area contributed by atoms with Crippen molar-refractivity contribution in [3.63, 3.8) is 0 Å². The van der Waals surface area contributed by atoms with Crippen LogP contribution in [-0.2, 0) is 0 Å². The molecule has 0 saturated carbocycles. The summed E-state index contributed by atoms with van der Waals surface area (Å²) in [6.45, 7) is 4.65. The molecule has 5 rings (SSSR count). The third-order valence-corrected chi connectivity index (χ3v) is 5.99. The van der Waals surface area contributed by atoms with Crippen molar-refractivity contribution >= 4 is 22.6 Å². The lowest BCUT2D eigenvalue weighted by atomic mass is 9.91. The van der Waals surface area contributed by atoms with Crippen LogP contribution in [0, 0.1) is 17.2 Å². The molecule has 33 heavy (non-hydrogen) atoms. The standard InChI is InChI=1S/C25H25N7O/c1-17(2)29-24(33)19-5-7-21(8-6-19)31-15-20(9-11-26)25(31)32-16-22(14-28-32)30-13-10-18-4-3-12-27-23(18)30/h3-8,10,12-14,16-17,20,25H,9,15H2,1-2H3,(H,29,33). The Kier molecular flexibility index (Phi) is 5.31. The van der Waals surface area contributed by atoms with Gasteiger partial charge in [-0.2, -0.15) is 10.4 Å². The fraction of sp³-hybridized carbons (Fsp3) is 0.280. The normalized spacial score (nSPS) is 17.7. The van der Waals surface area contributed by atoms with E-state index in [4.69, 9.17) is 0 Å². The van der Waals surface area contributed by atoms with Crippen molar-refractivity contribution in [3.8, 4) is 11.8 Å². The van der Waals surface area contributed by atoms with Crippen molar-refractivity contribution < 1.29 is 4.79 Å². The minimum atomic E-state index is -0.0802. The summed E-state index contributed by atoms with van der Waals surface area (Å²) >= 11 is 0. The number of rotatable bonds is 6. The molecule has 4 aromatic rings. The van der Waals surface area contributed by atoms with Gasteiger partial charge < -0.3 is 10.2 Å². The molecule has 8 heteroatoms. The zero-order valence-electron chi connectivity index (χ0n) is 18.6. The van der Waals surface area contributed by atoms with Gasteiger partial charge in [-0.15, -0.1) is 0 Å². The Hall–Kier alpha value is -4.12. The van der Waals surface area contributed by atoms with Crippen LogP contribution in [0.2, 0.25) is 0 Å². The van der Waals surface area contributed by atoms with Crippen molar-refractivity contribution in [2.24, 2.45) is 5.92 Å². The summed E-state index contributed by atoms with van der Waals surface area (Å²) in [6, 6.07) is 16.0. The summed E-state index contributed by atoms with van der Waals surface area (Å²) in [5.41, 5.74) is 3.44. The number of nitrogens with zero attached hydrogens (tertiary/aromatic N) is 6. The Labute approximate surface area is 192 Å². The fourth-order valence-electron chi connectivity index (χ4n) is 4.40. The van der Waals surface area contributed by atoms with Crippen molar-refractivity contribution in [3.05, 3.63) is 72.8 Å². The lowest BCUT2D eigenvalue weighted by Crippen LogP contribution is -2.52. The van der Waals surface area contributed by atoms with Crippen molar-refractivity contribution in [2.45, 2.75) is 32.5 Å². The first-order valence-corrected chi connectivity index (χ1v) is 11.1. The van der Waals surface area contributed by atoms with E-state index in [1.807, 2.05) is 84.2 Å². The van der Waals surface area contributed by atoms with Gasteiger partial charge >= 0.3 is 0 Å². The summed E-state index contributed by atoms with van der Waals surface area (Å²) in [5.74, 6) is 0.0922. The number of nitriles is 1. The highest BCUT2D eigenvalue weighted by Gasteiger charge is 2.41. The van der Waals surface area contributed by atoms with Gasteiger partial charge in [0, 0.05) is 54.0 Å². The Morgan fingerprint density at radius 2 is 2.03 bits per heavy atom. The van der Waals surface area contributed by atoms with Crippen LogP contribution < -0.4 is 10.2 Å². The number of anilines is 1. The van der Waals surface area contributed by atoms with E-state index in [0.29, 0.717) is 12.0 Å². The van der Waals surface area contributed by atoms with E-state index in [1.165, 1.54) is 0 Å². The second kappa shape index (κ2) is 8.43. The van der Waals surface area contributed by atoms with Gasteiger partial charge in [0.2, 0.25) is 0 Å². The molecule has 1 aliphatic rings. The van der Waals surface area contributed by atoms with Crippen LogP contribution in [0.15, 0.2) is 67.3 Å². The average molecular weight is 440 g/mol. The molecule has 0 radical (unpaired) electrons. The molecule has 1 aromatic carbocycles. The summed E-state index contributed by atoms with van der Waals surface area (Å²) in [5, 5.41) is 17.9. The fourth-order valence-corrected chi connectivity index (χ4v) is 4.40. The van der Waals surface area contributed by atoms with E-state index in [-0.39, 0.29) is 24.0 Å². The lowest BCUT2D eigenvalue weighted by molar-refractivity contribution is 0.0943. The maximum absolute atomic E-state index is 12.3. The molecule has 1 saturated heterocycles. The number of hydrogen-bond donors (Lipinski definition) is 1. The summed E-state index contributed by atoms with van der Waals surface area (Å²) in [4.78, 5) is 19.0. The highest BCUT2D eigenvalue weighted by Crippen LogP contribution is 2.40. The molecule has 0 spiro atoms. The molecule has 0 bridgehead atoms. The highest BCUT2D eigenvalue weighted by molar-refractivity contribution is 5.94. The van der Waals surface area contributed by atoms with E-state index >= 15 is 0 Å². The molecule has 4 heterocycles. The van der Waals surface area contributed by atoms with E-state index < -0.39 is 0 Å². The van der Waals surface area contributed by atoms with Gasteiger partial charge in [0.1, 0.15) is 11.8 Å². The monoisotopic (exact) mass is 439 g/mol. The second-order valence-corrected chi connectivity index (χ2v) is 8.64. The van der Waals surface area contributed by atoms with Gasteiger partial charge in [-0.3, -0.25) is 9.36 Å². The number of aromatic nitrogens is 4. The number of hydrogen-bond acceptors (Lipinski definition) is 5. The topological polar surface area (TPSA) is 91.8 Å². The number of fused-ring (bicyclic) bond motifs is 1. The van der Waals surface area contributed by atoms with Crippen LogP contribution in [0.5, 0.6) is 0 Å². The molecule has 8 nitrogen and oxygen atoms in total. The molecule has 166 valence electrons. The predicted octanol–water partition coefficient (Wildman–Crippen LogP) is 3.91. The predicted molar refractivity (Wildman–Crippen MR) is 126 cm³/mol. The SMILES string of the molecule is CC(C)NC(=O)c1ccc(N2CC(CC#N)C2n2cc(-n3ccc4cccnc43)cn2)cc1. The second-order valence-electron chi connectivity index (χ2n) is 8.64. The quantitative estimate of drug-likeness (QED) is 0.492. The first-order chi connectivity index (χ1) is 16.0. The van der Waals surface area contributed by atoms with E-state index in [2.05, 4.69) is 26.4 Å². The number of carbonyl (C=O) groups excluding carboxylic acids is 1. The third kappa shape index (κ3) is 3.82. The third-order valence-electron chi connectivity index (χ3n) is 5.99. The smallest absolute Gasteiger partial charge is 0.251 e. The summed E-state index contributed by atoms with van der Waals surface area (Å²) in [6.07, 6.45) is 7.99. The minimum absolute atomic E-state index is 0.0662. The first kappa shape index (κ1) is 20.8. The molecule has 1 amide bonds. The van der Waals surface area contributed by atoms with Crippen molar-refractivity contribution in [1.82, 2.24) is 24.6 Å². The van der Waals surface area contributed by atoms with Crippen LogP contribution in [0.25, 0.3) is 16.7 Å². The van der Waals surface area contributed by atoms with Gasteiger partial charge in [-0.1, -0.05) is 0 Å². The molecule has 3 aromatic heterocycles. The van der Waals surface area contributed by atoms with Crippen molar-refractivity contribution in [2.75, 3.05) is 11.4 Å². The Morgan fingerprint density at radius 1 is 1.21 bits per heavy atom. The highest BCUT2D eigenvalue weighted by atomic mass is 16.1. The van der Waals surface area contributed by atoms with Crippen LogP contribution in [0.3, 0.4) is 0 Å². The average Bonchev–Trinajstić information content (AvgIpc) is 3.43. The number of carbonyl (C=O) groups is 1. The molecule has 2 unspecified atom stereocenters. The van der Waals surface area contributed by atoms with E-state index in [0.717, 1.165) is 29.0 Å². The maximum atomic E-state index is 12.3. The zero-order valence-corrected chi connectivity index (χ0v) is 18.6.